The Kier molecular flexibility index (Phi) is 3.20. The number of ether oxygens (including phenoxy) is 2. The number of amides is 1. The average molecular weight is 225 g/mol. The van der Waals surface area contributed by atoms with E-state index in [4.69, 9.17) is 15.9 Å². The molecule has 4 nitrogen and oxygen atoms in total. The van der Waals surface area contributed by atoms with E-state index in [9.17, 15) is 4.79 Å². The molecule has 90 valence electrons. The van der Waals surface area contributed by atoms with E-state index in [1.54, 1.807) is 13.8 Å². The molecule has 0 aliphatic carbocycles. The van der Waals surface area contributed by atoms with Gasteiger partial charge in [0.05, 0.1) is 6.61 Å². The van der Waals surface area contributed by atoms with E-state index < -0.39 is 17.4 Å². The van der Waals surface area contributed by atoms with E-state index in [1.165, 1.54) is 4.90 Å². The quantitative estimate of drug-likeness (QED) is 0.592. The molecule has 1 rings (SSSR count). The van der Waals surface area contributed by atoms with Gasteiger partial charge in [-0.25, -0.2) is 4.79 Å². The van der Waals surface area contributed by atoms with Crippen LogP contribution >= 0.6 is 0 Å². The number of terminal acetylenes is 1. The first-order valence-electron chi connectivity index (χ1n) is 5.30. The van der Waals surface area contributed by atoms with Crippen molar-refractivity contribution < 1.29 is 14.3 Å². The van der Waals surface area contributed by atoms with Crippen molar-refractivity contribution in [1.82, 2.24) is 4.90 Å². The molecule has 1 amide bonds. The largest absolute Gasteiger partial charge is 0.444 e. The fraction of sp³-hybridized carbons (Fsp3) is 0.750. The summed E-state index contributed by atoms with van der Waals surface area (Å²) in [5, 5.41) is 0. The van der Waals surface area contributed by atoms with Crippen molar-refractivity contribution in [2.75, 3.05) is 6.61 Å². The Morgan fingerprint density at radius 1 is 1.56 bits per heavy atom. The highest BCUT2D eigenvalue weighted by atomic mass is 16.6. The summed E-state index contributed by atoms with van der Waals surface area (Å²) in [7, 11) is 0. The molecule has 0 unspecified atom stereocenters. The highest BCUT2D eigenvalue weighted by molar-refractivity contribution is 5.70. The van der Waals surface area contributed by atoms with Crippen molar-refractivity contribution in [2.24, 2.45) is 0 Å². The van der Waals surface area contributed by atoms with Crippen LogP contribution in [0.5, 0.6) is 0 Å². The number of nitrogens with zero attached hydrogens (tertiary/aromatic N) is 1. The summed E-state index contributed by atoms with van der Waals surface area (Å²) in [4.78, 5) is 13.4. The molecule has 1 saturated heterocycles. The van der Waals surface area contributed by atoms with Crippen LogP contribution in [0.3, 0.4) is 0 Å². The molecular weight excluding hydrogens is 206 g/mol. The Morgan fingerprint density at radius 3 is 2.56 bits per heavy atom. The third-order valence-electron chi connectivity index (χ3n) is 2.27. The first-order valence-corrected chi connectivity index (χ1v) is 5.30. The molecule has 0 aromatic rings. The second-order valence-corrected chi connectivity index (χ2v) is 5.29. The fourth-order valence-electron chi connectivity index (χ4n) is 1.58. The molecule has 0 aromatic heterocycles. The van der Waals surface area contributed by atoms with E-state index in [2.05, 4.69) is 5.92 Å². The number of carbonyl (C=O) groups is 1. The zero-order chi connectivity index (χ0) is 12.6. The van der Waals surface area contributed by atoms with Crippen LogP contribution in [0.25, 0.3) is 0 Å². The van der Waals surface area contributed by atoms with E-state index in [-0.39, 0.29) is 6.04 Å². The summed E-state index contributed by atoms with van der Waals surface area (Å²) < 4.78 is 10.8. The van der Waals surface area contributed by atoms with Crippen LogP contribution in [0.15, 0.2) is 0 Å². The van der Waals surface area contributed by atoms with Crippen LogP contribution in [0.4, 0.5) is 4.79 Å². The molecule has 1 fully saturated rings. The van der Waals surface area contributed by atoms with Crippen molar-refractivity contribution in [1.29, 1.82) is 0 Å². The number of rotatable bonds is 0. The van der Waals surface area contributed by atoms with Crippen molar-refractivity contribution >= 4 is 6.09 Å². The van der Waals surface area contributed by atoms with Crippen LogP contribution in [-0.4, -0.2) is 35.0 Å². The van der Waals surface area contributed by atoms with Gasteiger partial charge < -0.3 is 9.47 Å². The molecule has 1 heterocycles. The van der Waals surface area contributed by atoms with E-state index in [1.807, 2.05) is 20.8 Å². The maximum Gasteiger partial charge on any atom is 0.413 e. The Hall–Kier alpha value is -1.21. The van der Waals surface area contributed by atoms with E-state index in [0.29, 0.717) is 6.61 Å². The lowest BCUT2D eigenvalue weighted by Gasteiger charge is -2.33. The van der Waals surface area contributed by atoms with Gasteiger partial charge >= 0.3 is 6.09 Å². The number of carbonyl (C=O) groups excluding carboxylic acids is 1. The Labute approximate surface area is 96.9 Å². The van der Waals surface area contributed by atoms with Gasteiger partial charge in [-0.05, 0) is 34.6 Å². The Bertz CT molecular complexity index is 322. The SMILES string of the molecule is C#C[C@H]1COC(C)(C)N1C(=O)OC(C)(C)C. The van der Waals surface area contributed by atoms with Crippen LogP contribution in [0, 0.1) is 12.3 Å². The van der Waals surface area contributed by atoms with Gasteiger partial charge in [0.15, 0.2) is 0 Å². The first kappa shape index (κ1) is 12.9. The summed E-state index contributed by atoms with van der Waals surface area (Å²) in [6.07, 6.45) is 4.93. The van der Waals surface area contributed by atoms with Gasteiger partial charge in [-0.3, -0.25) is 4.90 Å². The molecule has 0 N–H and O–H groups in total. The minimum Gasteiger partial charge on any atom is -0.444 e. The standard InChI is InChI=1S/C12H19NO3/c1-7-9-8-15-12(5,6)13(9)10(14)16-11(2,3)4/h1,9H,8H2,2-6H3/t9-/m0/s1. The fourth-order valence-corrected chi connectivity index (χ4v) is 1.58. The summed E-state index contributed by atoms with van der Waals surface area (Å²) in [5.74, 6) is 2.54. The van der Waals surface area contributed by atoms with Gasteiger partial charge in [-0.15, -0.1) is 6.42 Å². The van der Waals surface area contributed by atoms with Gasteiger partial charge in [0.25, 0.3) is 0 Å². The Balaban J connectivity index is 2.84. The lowest BCUT2D eigenvalue weighted by molar-refractivity contribution is -0.0607. The number of hydrogen-bond acceptors (Lipinski definition) is 3. The summed E-state index contributed by atoms with van der Waals surface area (Å²) in [6.45, 7) is 9.41. The highest BCUT2D eigenvalue weighted by Crippen LogP contribution is 2.28. The van der Waals surface area contributed by atoms with Crippen LogP contribution < -0.4 is 0 Å². The van der Waals surface area contributed by atoms with Crippen molar-refractivity contribution in [2.45, 2.75) is 52.0 Å². The third kappa shape index (κ3) is 2.67. The molecule has 0 bridgehead atoms. The van der Waals surface area contributed by atoms with Crippen LogP contribution in [-0.2, 0) is 9.47 Å². The zero-order valence-corrected chi connectivity index (χ0v) is 10.5. The lowest BCUT2D eigenvalue weighted by Crippen LogP contribution is -2.49. The molecule has 0 spiro atoms. The second-order valence-electron chi connectivity index (χ2n) is 5.29. The van der Waals surface area contributed by atoms with E-state index >= 15 is 0 Å². The molecule has 4 heteroatoms. The molecule has 1 aliphatic heterocycles. The maximum atomic E-state index is 12.0. The predicted molar refractivity (Wildman–Crippen MR) is 60.7 cm³/mol. The third-order valence-corrected chi connectivity index (χ3v) is 2.27. The van der Waals surface area contributed by atoms with Crippen LogP contribution in [0.1, 0.15) is 34.6 Å². The lowest BCUT2D eigenvalue weighted by atomic mass is 10.2. The normalized spacial score (nSPS) is 24.0. The first-order chi connectivity index (χ1) is 7.17. The molecule has 16 heavy (non-hydrogen) atoms. The summed E-state index contributed by atoms with van der Waals surface area (Å²) >= 11 is 0. The van der Waals surface area contributed by atoms with E-state index in [0.717, 1.165) is 0 Å². The Morgan fingerprint density at radius 2 is 2.12 bits per heavy atom. The maximum absolute atomic E-state index is 12.0. The van der Waals surface area contributed by atoms with Crippen LogP contribution in [0.2, 0.25) is 0 Å². The van der Waals surface area contributed by atoms with Crippen molar-refractivity contribution in [3.05, 3.63) is 0 Å². The van der Waals surface area contributed by atoms with Gasteiger partial charge in [0.1, 0.15) is 17.4 Å². The predicted octanol–water partition coefficient (Wildman–Crippen LogP) is 1.99. The monoisotopic (exact) mass is 225 g/mol. The zero-order valence-electron chi connectivity index (χ0n) is 10.5. The number of hydrogen-bond donors (Lipinski definition) is 0. The minimum absolute atomic E-state index is 0.350. The van der Waals surface area contributed by atoms with Gasteiger partial charge in [0, 0.05) is 0 Å². The average Bonchev–Trinajstić information content (AvgIpc) is 2.37. The smallest absolute Gasteiger partial charge is 0.413 e. The molecule has 0 aromatic carbocycles. The van der Waals surface area contributed by atoms with Gasteiger partial charge in [-0.1, -0.05) is 5.92 Å². The second kappa shape index (κ2) is 3.99. The van der Waals surface area contributed by atoms with Gasteiger partial charge in [-0.2, -0.15) is 0 Å². The summed E-state index contributed by atoms with van der Waals surface area (Å²) in [5.41, 5.74) is -1.24. The molecular formula is C12H19NO3. The minimum atomic E-state index is -0.709. The topological polar surface area (TPSA) is 38.8 Å². The summed E-state index contributed by atoms with van der Waals surface area (Å²) in [6, 6.07) is -0.357. The molecule has 0 radical (unpaired) electrons. The molecule has 1 atom stereocenters. The van der Waals surface area contributed by atoms with Crippen molar-refractivity contribution in [3.63, 3.8) is 0 Å². The molecule has 0 saturated carbocycles. The van der Waals surface area contributed by atoms with Gasteiger partial charge in [0.2, 0.25) is 0 Å². The highest BCUT2D eigenvalue weighted by Gasteiger charge is 2.44. The molecule has 1 aliphatic rings. The van der Waals surface area contributed by atoms with Crippen molar-refractivity contribution in [3.8, 4) is 12.3 Å².